The van der Waals surface area contributed by atoms with Crippen LogP contribution in [0.15, 0.2) is 53.3 Å². The van der Waals surface area contributed by atoms with Crippen LogP contribution in [0.4, 0.5) is 4.39 Å². The topological polar surface area (TPSA) is 45.4 Å². The van der Waals surface area contributed by atoms with Crippen LogP contribution in [0.2, 0.25) is 0 Å². The fourth-order valence-electron chi connectivity index (χ4n) is 5.02. The van der Waals surface area contributed by atoms with Crippen molar-refractivity contribution in [3.63, 3.8) is 0 Å². The first-order chi connectivity index (χ1) is 16.9. The number of likely N-dealkylation sites (tertiary alicyclic amines) is 1. The van der Waals surface area contributed by atoms with Gasteiger partial charge in [-0.1, -0.05) is 38.1 Å². The minimum atomic E-state index is -0.241. The molecule has 1 atom stereocenters. The fraction of sp³-hybridized carbons (Fsp3) is 0.481. The summed E-state index contributed by atoms with van der Waals surface area (Å²) in [4.78, 5) is 18.1. The molecule has 0 amide bonds. The van der Waals surface area contributed by atoms with Crippen molar-refractivity contribution < 1.29 is 4.39 Å². The zero-order chi connectivity index (χ0) is 24.9. The summed E-state index contributed by atoms with van der Waals surface area (Å²) < 4.78 is 17.2. The minimum absolute atomic E-state index is 0.00720. The number of nitrogens with one attached hydrogen (secondary N) is 1. The van der Waals surface area contributed by atoms with E-state index in [1.807, 2.05) is 28.2 Å². The number of hydrogen-bond acceptors (Lipinski definition) is 3. The summed E-state index contributed by atoms with van der Waals surface area (Å²) in [5.74, 6) is -0.241. The molecule has 3 aromatic rings. The number of aromatic nitrogens is 2. The van der Waals surface area contributed by atoms with Crippen molar-refractivity contribution in [2.24, 2.45) is 0 Å². The van der Waals surface area contributed by atoms with Crippen molar-refractivity contribution in [3.8, 4) is 0 Å². The molecule has 6 nitrogen and oxygen atoms in total. The second kappa shape index (κ2) is 11.4. The molecule has 1 aliphatic heterocycles. The fourth-order valence-corrected chi connectivity index (χ4v) is 5.38. The predicted molar refractivity (Wildman–Crippen MR) is 144 cm³/mol. The van der Waals surface area contributed by atoms with Crippen molar-refractivity contribution >= 4 is 28.4 Å². The highest BCUT2D eigenvalue weighted by Gasteiger charge is 2.26. The van der Waals surface area contributed by atoms with Crippen molar-refractivity contribution in [1.29, 1.82) is 0 Å². The van der Waals surface area contributed by atoms with E-state index in [0.717, 1.165) is 62.2 Å². The number of benzene rings is 2. The van der Waals surface area contributed by atoms with E-state index in [1.54, 1.807) is 12.1 Å². The number of thiocarbonyl (C=S) groups is 1. The van der Waals surface area contributed by atoms with Crippen LogP contribution < -0.4 is 11.0 Å². The van der Waals surface area contributed by atoms with Gasteiger partial charge in [-0.15, -0.1) is 0 Å². The zero-order valence-corrected chi connectivity index (χ0v) is 21.7. The van der Waals surface area contributed by atoms with Crippen LogP contribution in [0.3, 0.4) is 0 Å². The molecule has 1 aromatic heterocycles. The largest absolute Gasteiger partial charge is 0.356 e. The Bertz CT molecular complexity index is 1190. The molecule has 1 aliphatic rings. The number of fused-ring (bicyclic) bond motifs is 1. The lowest BCUT2D eigenvalue weighted by Gasteiger charge is -2.35. The number of nitrogens with zero attached hydrogens (tertiary/aromatic N) is 4. The highest BCUT2D eigenvalue weighted by atomic mass is 32.1. The second-order valence-corrected chi connectivity index (χ2v) is 9.65. The van der Waals surface area contributed by atoms with Gasteiger partial charge in [0.2, 0.25) is 0 Å². The second-order valence-electron chi connectivity index (χ2n) is 9.26. The van der Waals surface area contributed by atoms with Gasteiger partial charge in [-0.25, -0.2) is 9.18 Å². The molecule has 1 saturated heterocycles. The summed E-state index contributed by atoms with van der Waals surface area (Å²) in [6.07, 6.45) is 1.72. The van der Waals surface area contributed by atoms with Crippen LogP contribution in [0, 0.1) is 5.82 Å². The van der Waals surface area contributed by atoms with Gasteiger partial charge in [0.15, 0.2) is 5.11 Å². The number of para-hydroxylation sites is 2. The van der Waals surface area contributed by atoms with Crippen molar-refractivity contribution in [2.75, 3.05) is 32.7 Å². The average Bonchev–Trinajstić information content (AvgIpc) is 3.16. The van der Waals surface area contributed by atoms with Gasteiger partial charge in [0.25, 0.3) is 0 Å². The first kappa shape index (κ1) is 25.4. The van der Waals surface area contributed by atoms with Crippen LogP contribution in [0.5, 0.6) is 0 Å². The molecular formula is C27H36FN5OS. The highest BCUT2D eigenvalue weighted by Crippen LogP contribution is 2.26. The van der Waals surface area contributed by atoms with E-state index >= 15 is 0 Å². The molecule has 0 aliphatic carbocycles. The van der Waals surface area contributed by atoms with E-state index in [4.69, 9.17) is 12.2 Å². The standard InChI is InChI=1S/C27H36FN5OS/c1-4-30(5-2)18-19-32-24-8-6-7-9-25(24)33(27(32)34)23-14-16-31(17-15-23)26(35)29-20(3)21-10-12-22(28)13-11-21/h6-13,20,23H,4-5,14-19H2,1-3H3,(H,29,35). The first-order valence-corrected chi connectivity index (χ1v) is 13.1. The van der Waals surface area contributed by atoms with Crippen LogP contribution in [0.25, 0.3) is 11.0 Å². The van der Waals surface area contributed by atoms with Crippen molar-refractivity contribution in [3.05, 3.63) is 70.4 Å². The number of rotatable bonds is 8. The maximum absolute atomic E-state index is 13.5. The molecule has 1 unspecified atom stereocenters. The molecular weight excluding hydrogens is 461 g/mol. The number of halogens is 1. The summed E-state index contributed by atoms with van der Waals surface area (Å²) in [5.41, 5.74) is 3.11. The van der Waals surface area contributed by atoms with E-state index in [9.17, 15) is 9.18 Å². The molecule has 1 N–H and O–H groups in total. The van der Waals surface area contributed by atoms with Crippen LogP contribution in [0.1, 0.15) is 51.3 Å². The third-order valence-corrected chi connectivity index (χ3v) is 7.61. The van der Waals surface area contributed by atoms with Gasteiger partial charge in [-0.3, -0.25) is 9.13 Å². The summed E-state index contributed by atoms with van der Waals surface area (Å²) in [6, 6.07) is 14.8. The van der Waals surface area contributed by atoms with Gasteiger partial charge in [-0.05, 0) is 74.9 Å². The molecule has 35 heavy (non-hydrogen) atoms. The zero-order valence-electron chi connectivity index (χ0n) is 20.9. The lowest BCUT2D eigenvalue weighted by atomic mass is 10.0. The van der Waals surface area contributed by atoms with Gasteiger partial charge < -0.3 is 15.1 Å². The summed E-state index contributed by atoms with van der Waals surface area (Å²) >= 11 is 5.68. The molecule has 0 saturated carbocycles. The monoisotopic (exact) mass is 497 g/mol. The maximum Gasteiger partial charge on any atom is 0.329 e. The van der Waals surface area contributed by atoms with Crippen molar-refractivity contribution in [1.82, 2.24) is 24.3 Å². The van der Waals surface area contributed by atoms with Gasteiger partial charge in [0.1, 0.15) is 5.82 Å². The number of hydrogen-bond donors (Lipinski definition) is 1. The van der Waals surface area contributed by atoms with E-state index in [2.05, 4.69) is 41.1 Å². The third-order valence-electron chi connectivity index (χ3n) is 7.23. The Balaban J connectivity index is 1.44. The Kier molecular flexibility index (Phi) is 8.23. The minimum Gasteiger partial charge on any atom is -0.356 e. The quantitative estimate of drug-likeness (QED) is 0.463. The van der Waals surface area contributed by atoms with Gasteiger partial charge in [-0.2, -0.15) is 0 Å². The van der Waals surface area contributed by atoms with Crippen molar-refractivity contribution in [2.45, 2.75) is 52.2 Å². The normalized spacial score (nSPS) is 15.6. The van der Waals surface area contributed by atoms with Gasteiger partial charge in [0, 0.05) is 32.2 Å². The predicted octanol–water partition coefficient (Wildman–Crippen LogP) is 4.56. The number of imidazole rings is 1. The third kappa shape index (κ3) is 5.59. The lowest BCUT2D eigenvalue weighted by Crippen LogP contribution is -2.46. The molecule has 0 bridgehead atoms. The number of piperidine rings is 1. The Hall–Kier alpha value is -2.71. The van der Waals surface area contributed by atoms with Crippen LogP contribution in [-0.2, 0) is 6.54 Å². The van der Waals surface area contributed by atoms with E-state index < -0.39 is 0 Å². The Labute approximate surface area is 212 Å². The summed E-state index contributed by atoms with van der Waals surface area (Å²) in [7, 11) is 0. The maximum atomic E-state index is 13.5. The molecule has 1 fully saturated rings. The molecule has 2 aromatic carbocycles. The van der Waals surface area contributed by atoms with E-state index in [-0.39, 0.29) is 23.6 Å². The van der Waals surface area contributed by atoms with E-state index in [0.29, 0.717) is 11.7 Å². The lowest BCUT2D eigenvalue weighted by molar-refractivity contribution is 0.259. The molecule has 2 heterocycles. The molecule has 0 spiro atoms. The molecule has 0 radical (unpaired) electrons. The van der Waals surface area contributed by atoms with E-state index in [1.165, 1.54) is 12.1 Å². The van der Waals surface area contributed by atoms with Crippen LogP contribution >= 0.6 is 12.2 Å². The Morgan fingerprint density at radius 2 is 1.71 bits per heavy atom. The Morgan fingerprint density at radius 3 is 2.34 bits per heavy atom. The molecule has 4 rings (SSSR count). The number of likely N-dealkylation sites (N-methyl/N-ethyl adjacent to an activating group) is 1. The smallest absolute Gasteiger partial charge is 0.329 e. The summed E-state index contributed by atoms with van der Waals surface area (Å²) in [6.45, 7) is 11.4. The average molecular weight is 498 g/mol. The van der Waals surface area contributed by atoms with Crippen LogP contribution in [-0.4, -0.2) is 56.8 Å². The SMILES string of the molecule is CCN(CC)CCn1c(=O)n(C2CCN(C(=S)NC(C)c3ccc(F)cc3)CC2)c2ccccc21. The Morgan fingerprint density at radius 1 is 1.09 bits per heavy atom. The van der Waals surface area contributed by atoms with Gasteiger partial charge in [0.05, 0.1) is 17.1 Å². The molecule has 8 heteroatoms. The summed E-state index contributed by atoms with van der Waals surface area (Å²) in [5, 5.41) is 4.08. The van der Waals surface area contributed by atoms with Gasteiger partial charge >= 0.3 is 5.69 Å². The molecule has 188 valence electrons. The highest BCUT2D eigenvalue weighted by molar-refractivity contribution is 7.80. The first-order valence-electron chi connectivity index (χ1n) is 12.7.